The summed E-state index contributed by atoms with van der Waals surface area (Å²) in [5, 5.41) is 12.1. The summed E-state index contributed by atoms with van der Waals surface area (Å²) in [4.78, 5) is 28.5. The fourth-order valence-electron chi connectivity index (χ4n) is 2.47. The Balaban J connectivity index is 1.50. The van der Waals surface area contributed by atoms with Gasteiger partial charge in [-0.1, -0.05) is 18.2 Å². The molecule has 0 fully saturated rings. The molecule has 2 aromatic carbocycles. The number of hydrogen-bond acceptors (Lipinski definition) is 5. The monoisotopic (exact) mass is 365 g/mol. The molecule has 0 radical (unpaired) electrons. The number of methoxy groups -OCH3 is 1. The molecule has 27 heavy (non-hydrogen) atoms. The quantitative estimate of drug-likeness (QED) is 0.552. The number of benzene rings is 2. The summed E-state index contributed by atoms with van der Waals surface area (Å²) in [5.41, 5.74) is 1.77. The van der Waals surface area contributed by atoms with Crippen molar-refractivity contribution in [3.63, 3.8) is 0 Å². The number of carbonyl (C=O) groups excluding carboxylic acids is 2. The molecule has 2 amide bonds. The normalized spacial score (nSPS) is 10.3. The maximum atomic E-state index is 12.3. The predicted octanol–water partition coefficient (Wildman–Crippen LogP) is 1.64. The zero-order chi connectivity index (χ0) is 19.1. The van der Waals surface area contributed by atoms with E-state index >= 15 is 0 Å². The Labute approximate surface area is 156 Å². The number of carbonyl (C=O) groups is 2. The van der Waals surface area contributed by atoms with E-state index in [-0.39, 0.29) is 11.8 Å². The zero-order valence-electron chi connectivity index (χ0n) is 14.7. The van der Waals surface area contributed by atoms with E-state index in [0.29, 0.717) is 35.8 Å². The van der Waals surface area contributed by atoms with Gasteiger partial charge < -0.3 is 15.4 Å². The van der Waals surface area contributed by atoms with Gasteiger partial charge in [0.15, 0.2) is 5.82 Å². The number of nitrogens with zero attached hydrogens (tertiary/aromatic N) is 2. The molecule has 3 rings (SSSR count). The summed E-state index contributed by atoms with van der Waals surface area (Å²) in [7, 11) is 1.55. The first-order valence-electron chi connectivity index (χ1n) is 8.33. The summed E-state index contributed by atoms with van der Waals surface area (Å²) in [6.07, 6.45) is 1.41. The second kappa shape index (κ2) is 8.61. The van der Waals surface area contributed by atoms with Crippen LogP contribution in [0.2, 0.25) is 0 Å². The summed E-state index contributed by atoms with van der Waals surface area (Å²) in [5.74, 6) is 0.750. The SMILES string of the molecule is COc1cccc(C(=O)NCCNC(=O)c2cccc(-c3ncn[nH]3)c2)c1. The van der Waals surface area contributed by atoms with Crippen LogP contribution in [0.1, 0.15) is 20.7 Å². The van der Waals surface area contributed by atoms with Crippen LogP contribution in [-0.2, 0) is 0 Å². The molecule has 1 heterocycles. The van der Waals surface area contributed by atoms with Gasteiger partial charge in [-0.3, -0.25) is 14.7 Å². The molecule has 0 bridgehead atoms. The second-order valence-corrected chi connectivity index (χ2v) is 5.66. The van der Waals surface area contributed by atoms with Crippen molar-refractivity contribution >= 4 is 11.8 Å². The zero-order valence-corrected chi connectivity index (χ0v) is 14.7. The van der Waals surface area contributed by atoms with Gasteiger partial charge >= 0.3 is 0 Å². The van der Waals surface area contributed by atoms with Gasteiger partial charge in [-0.15, -0.1) is 0 Å². The van der Waals surface area contributed by atoms with Crippen molar-refractivity contribution in [1.82, 2.24) is 25.8 Å². The van der Waals surface area contributed by atoms with Crippen LogP contribution in [0.4, 0.5) is 0 Å². The number of rotatable bonds is 7. The van der Waals surface area contributed by atoms with Gasteiger partial charge in [-0.05, 0) is 30.3 Å². The molecule has 0 unspecified atom stereocenters. The minimum absolute atomic E-state index is 0.226. The van der Waals surface area contributed by atoms with Crippen molar-refractivity contribution in [2.24, 2.45) is 0 Å². The first-order valence-corrected chi connectivity index (χ1v) is 8.33. The van der Waals surface area contributed by atoms with Crippen LogP contribution in [0, 0.1) is 0 Å². The van der Waals surface area contributed by atoms with Crippen molar-refractivity contribution in [2.75, 3.05) is 20.2 Å². The number of amides is 2. The van der Waals surface area contributed by atoms with Crippen molar-refractivity contribution < 1.29 is 14.3 Å². The van der Waals surface area contributed by atoms with Crippen LogP contribution in [0.3, 0.4) is 0 Å². The molecule has 0 aliphatic carbocycles. The number of aromatic nitrogens is 3. The largest absolute Gasteiger partial charge is 0.497 e. The minimum atomic E-state index is -0.230. The molecule has 8 heteroatoms. The molecule has 0 saturated heterocycles. The third kappa shape index (κ3) is 4.69. The first kappa shape index (κ1) is 18.1. The van der Waals surface area contributed by atoms with Crippen molar-refractivity contribution in [3.8, 4) is 17.1 Å². The van der Waals surface area contributed by atoms with E-state index < -0.39 is 0 Å². The van der Waals surface area contributed by atoms with E-state index in [2.05, 4.69) is 25.8 Å². The molecule has 1 aromatic heterocycles. The molecule has 138 valence electrons. The maximum absolute atomic E-state index is 12.3. The minimum Gasteiger partial charge on any atom is -0.497 e. The first-order chi connectivity index (χ1) is 13.2. The topological polar surface area (TPSA) is 109 Å². The van der Waals surface area contributed by atoms with Crippen LogP contribution in [0.25, 0.3) is 11.4 Å². The van der Waals surface area contributed by atoms with Gasteiger partial charge in [0, 0.05) is 29.8 Å². The van der Waals surface area contributed by atoms with Crippen LogP contribution in [-0.4, -0.2) is 47.2 Å². The van der Waals surface area contributed by atoms with Crippen molar-refractivity contribution in [3.05, 3.63) is 66.0 Å². The Bertz CT molecular complexity index is 925. The Kier molecular flexibility index (Phi) is 5.78. The van der Waals surface area contributed by atoms with E-state index in [0.717, 1.165) is 5.56 Å². The van der Waals surface area contributed by atoms with Gasteiger partial charge in [-0.2, -0.15) is 5.10 Å². The average molecular weight is 365 g/mol. The summed E-state index contributed by atoms with van der Waals surface area (Å²) < 4.78 is 5.10. The third-order valence-corrected chi connectivity index (χ3v) is 3.84. The molecular weight excluding hydrogens is 346 g/mol. The highest BCUT2D eigenvalue weighted by atomic mass is 16.5. The van der Waals surface area contributed by atoms with Gasteiger partial charge in [0.1, 0.15) is 12.1 Å². The van der Waals surface area contributed by atoms with E-state index in [9.17, 15) is 9.59 Å². The van der Waals surface area contributed by atoms with Crippen LogP contribution in [0.15, 0.2) is 54.9 Å². The molecule has 0 saturated carbocycles. The van der Waals surface area contributed by atoms with Crippen molar-refractivity contribution in [2.45, 2.75) is 0 Å². The third-order valence-electron chi connectivity index (χ3n) is 3.84. The van der Waals surface area contributed by atoms with Gasteiger partial charge in [0.05, 0.1) is 7.11 Å². The van der Waals surface area contributed by atoms with Crippen LogP contribution >= 0.6 is 0 Å². The fraction of sp³-hybridized carbons (Fsp3) is 0.158. The lowest BCUT2D eigenvalue weighted by atomic mass is 10.1. The molecule has 3 N–H and O–H groups in total. The van der Waals surface area contributed by atoms with E-state index in [4.69, 9.17) is 4.74 Å². The maximum Gasteiger partial charge on any atom is 0.251 e. The standard InChI is InChI=1S/C19H19N5O3/c1-27-16-7-3-6-15(11-16)19(26)21-9-8-20-18(25)14-5-2-4-13(10-14)17-22-12-23-24-17/h2-7,10-12H,8-9H2,1H3,(H,20,25)(H,21,26)(H,22,23,24). The number of aromatic amines is 1. The van der Waals surface area contributed by atoms with E-state index in [1.165, 1.54) is 6.33 Å². The van der Waals surface area contributed by atoms with Gasteiger partial charge in [0.25, 0.3) is 11.8 Å². The van der Waals surface area contributed by atoms with Gasteiger partial charge in [0.2, 0.25) is 0 Å². The van der Waals surface area contributed by atoms with E-state index in [1.807, 2.05) is 6.07 Å². The molecule has 8 nitrogen and oxygen atoms in total. The smallest absolute Gasteiger partial charge is 0.251 e. The van der Waals surface area contributed by atoms with Crippen LogP contribution < -0.4 is 15.4 Å². The molecule has 0 aliphatic rings. The summed E-state index contributed by atoms with van der Waals surface area (Å²) in [6.45, 7) is 0.616. The fourth-order valence-corrected chi connectivity index (χ4v) is 2.47. The highest BCUT2D eigenvalue weighted by Gasteiger charge is 2.09. The molecular formula is C19H19N5O3. The van der Waals surface area contributed by atoms with Crippen molar-refractivity contribution in [1.29, 1.82) is 0 Å². The lowest BCUT2D eigenvalue weighted by Gasteiger charge is -2.08. The summed E-state index contributed by atoms with van der Waals surface area (Å²) >= 11 is 0. The Morgan fingerprint density at radius 2 is 1.67 bits per heavy atom. The average Bonchev–Trinajstić information content (AvgIpc) is 3.26. The number of hydrogen-bond donors (Lipinski definition) is 3. The Morgan fingerprint density at radius 1 is 1.00 bits per heavy atom. The van der Waals surface area contributed by atoms with Crippen LogP contribution in [0.5, 0.6) is 5.75 Å². The highest BCUT2D eigenvalue weighted by Crippen LogP contribution is 2.15. The highest BCUT2D eigenvalue weighted by molar-refractivity contribution is 5.96. The van der Waals surface area contributed by atoms with E-state index in [1.54, 1.807) is 49.6 Å². The Hall–Kier alpha value is -3.68. The molecule has 0 aliphatic heterocycles. The number of H-pyrrole nitrogens is 1. The molecule has 0 atom stereocenters. The second-order valence-electron chi connectivity index (χ2n) is 5.66. The summed E-state index contributed by atoms with van der Waals surface area (Å²) in [6, 6.07) is 13.9. The molecule has 3 aromatic rings. The lowest BCUT2D eigenvalue weighted by molar-refractivity contribution is 0.0927. The lowest BCUT2D eigenvalue weighted by Crippen LogP contribution is -2.34. The number of ether oxygens (including phenoxy) is 1. The number of nitrogens with one attached hydrogen (secondary N) is 3. The Morgan fingerprint density at radius 3 is 2.30 bits per heavy atom. The predicted molar refractivity (Wildman–Crippen MR) is 99.5 cm³/mol. The van der Waals surface area contributed by atoms with Gasteiger partial charge in [-0.25, -0.2) is 4.98 Å². The molecule has 0 spiro atoms.